The number of aromatic nitrogens is 1. The Labute approximate surface area is 98.2 Å². The third-order valence-electron chi connectivity index (χ3n) is 3.61. The van der Waals surface area contributed by atoms with Gasteiger partial charge in [-0.05, 0) is 37.5 Å². The van der Waals surface area contributed by atoms with Crippen molar-refractivity contribution in [2.24, 2.45) is 0 Å². The molecule has 1 aromatic carbocycles. The van der Waals surface area contributed by atoms with Gasteiger partial charge in [0.15, 0.2) is 5.58 Å². The molecule has 1 aliphatic rings. The van der Waals surface area contributed by atoms with E-state index in [9.17, 15) is 4.79 Å². The van der Waals surface area contributed by atoms with Gasteiger partial charge in [-0.25, -0.2) is 0 Å². The van der Waals surface area contributed by atoms with Crippen LogP contribution in [0.3, 0.4) is 0 Å². The Morgan fingerprint density at radius 1 is 1.53 bits per heavy atom. The quantitative estimate of drug-likeness (QED) is 0.882. The van der Waals surface area contributed by atoms with E-state index in [1.165, 1.54) is 0 Å². The van der Waals surface area contributed by atoms with Gasteiger partial charge in [0.1, 0.15) is 0 Å². The van der Waals surface area contributed by atoms with Crippen molar-refractivity contribution in [1.29, 1.82) is 0 Å². The molecule has 1 aliphatic carbocycles. The maximum Gasteiger partial charge on any atom is 0.304 e. The Kier molecular flexibility index (Phi) is 2.02. The molecule has 3 rings (SSSR count). The zero-order chi connectivity index (χ0) is 12.0. The van der Waals surface area contributed by atoms with Gasteiger partial charge in [-0.3, -0.25) is 4.79 Å². The van der Waals surface area contributed by atoms with Crippen molar-refractivity contribution in [3.05, 3.63) is 29.5 Å². The highest BCUT2D eigenvalue weighted by Gasteiger charge is 2.46. The van der Waals surface area contributed by atoms with Crippen molar-refractivity contribution in [2.45, 2.75) is 31.6 Å². The van der Waals surface area contributed by atoms with Gasteiger partial charge in [-0.2, -0.15) is 0 Å². The number of aliphatic carboxylic acids is 1. The first-order chi connectivity index (χ1) is 8.11. The van der Waals surface area contributed by atoms with E-state index in [-0.39, 0.29) is 11.8 Å². The van der Waals surface area contributed by atoms with Crippen molar-refractivity contribution in [1.82, 2.24) is 5.16 Å². The summed E-state index contributed by atoms with van der Waals surface area (Å²) in [6, 6.07) is 5.91. The van der Waals surface area contributed by atoms with Gasteiger partial charge in [-0.15, -0.1) is 0 Å². The van der Waals surface area contributed by atoms with Crippen LogP contribution in [0.1, 0.15) is 30.5 Å². The van der Waals surface area contributed by atoms with Crippen LogP contribution in [-0.2, 0) is 10.2 Å². The van der Waals surface area contributed by atoms with Crippen molar-refractivity contribution >= 4 is 16.9 Å². The minimum atomic E-state index is -0.739. The highest BCUT2D eigenvalue weighted by atomic mass is 16.5. The number of rotatable bonds is 3. The summed E-state index contributed by atoms with van der Waals surface area (Å²) in [7, 11) is 0. The lowest BCUT2D eigenvalue weighted by molar-refractivity contribution is -0.137. The van der Waals surface area contributed by atoms with E-state index in [2.05, 4.69) is 5.16 Å². The molecular weight excluding hydrogens is 218 g/mol. The summed E-state index contributed by atoms with van der Waals surface area (Å²) >= 11 is 0. The van der Waals surface area contributed by atoms with Crippen LogP contribution in [0.4, 0.5) is 0 Å². The molecule has 0 aliphatic heterocycles. The smallest absolute Gasteiger partial charge is 0.304 e. The normalized spacial score (nSPS) is 17.2. The Morgan fingerprint density at radius 3 is 2.94 bits per heavy atom. The molecule has 88 valence electrons. The number of hydrogen-bond donors (Lipinski definition) is 1. The van der Waals surface area contributed by atoms with Crippen molar-refractivity contribution in [3.8, 4) is 0 Å². The monoisotopic (exact) mass is 231 g/mol. The summed E-state index contributed by atoms with van der Waals surface area (Å²) in [4.78, 5) is 10.9. The summed E-state index contributed by atoms with van der Waals surface area (Å²) in [5.41, 5.74) is 2.51. The topological polar surface area (TPSA) is 63.3 Å². The largest absolute Gasteiger partial charge is 0.481 e. The molecule has 1 saturated carbocycles. The molecule has 0 saturated heterocycles. The van der Waals surface area contributed by atoms with Crippen molar-refractivity contribution in [2.75, 3.05) is 0 Å². The predicted octanol–water partition coefficient (Wildman–Crippen LogP) is 2.64. The molecule has 0 spiro atoms. The maximum absolute atomic E-state index is 10.9. The molecule has 1 aromatic heterocycles. The third-order valence-corrected chi connectivity index (χ3v) is 3.61. The number of nitrogens with zero attached hydrogens (tertiary/aromatic N) is 1. The molecule has 1 fully saturated rings. The highest BCUT2D eigenvalue weighted by Crippen LogP contribution is 2.51. The second kappa shape index (κ2) is 3.32. The number of hydrogen-bond acceptors (Lipinski definition) is 3. The summed E-state index contributed by atoms with van der Waals surface area (Å²) in [5, 5.41) is 13.8. The molecule has 0 atom stereocenters. The van der Waals surface area contributed by atoms with Gasteiger partial charge in [0, 0.05) is 10.8 Å². The highest BCUT2D eigenvalue weighted by molar-refractivity contribution is 5.80. The van der Waals surface area contributed by atoms with Crippen LogP contribution in [0.25, 0.3) is 11.0 Å². The van der Waals surface area contributed by atoms with E-state index >= 15 is 0 Å². The van der Waals surface area contributed by atoms with Crippen LogP contribution in [0.2, 0.25) is 0 Å². The standard InChI is InChI=1S/C13H13NO3/c1-8-10-3-2-9(6-11(10)17-14-8)13(4-5-13)7-12(15)16/h2-3,6H,4-5,7H2,1H3,(H,15,16). The number of carboxylic acid groups (broad SMARTS) is 1. The van der Waals surface area contributed by atoms with Gasteiger partial charge in [0.05, 0.1) is 12.1 Å². The zero-order valence-corrected chi connectivity index (χ0v) is 9.56. The van der Waals surface area contributed by atoms with Crippen LogP contribution in [0.5, 0.6) is 0 Å². The SMILES string of the molecule is Cc1noc2cc(C3(CC(=O)O)CC3)ccc12. The first-order valence-corrected chi connectivity index (χ1v) is 5.69. The number of fused-ring (bicyclic) bond motifs is 1. The second-order valence-corrected chi connectivity index (χ2v) is 4.83. The lowest BCUT2D eigenvalue weighted by Gasteiger charge is -2.12. The van der Waals surface area contributed by atoms with Gasteiger partial charge < -0.3 is 9.63 Å². The number of carbonyl (C=O) groups is 1. The fourth-order valence-corrected chi connectivity index (χ4v) is 2.40. The van der Waals surface area contributed by atoms with E-state index in [0.29, 0.717) is 0 Å². The molecule has 0 radical (unpaired) electrons. The summed E-state index contributed by atoms with van der Waals surface area (Å²) in [6.45, 7) is 1.90. The third kappa shape index (κ3) is 1.60. The number of benzene rings is 1. The van der Waals surface area contributed by atoms with Crippen LogP contribution >= 0.6 is 0 Å². The minimum Gasteiger partial charge on any atom is -0.481 e. The second-order valence-electron chi connectivity index (χ2n) is 4.83. The van der Waals surface area contributed by atoms with Crippen molar-refractivity contribution < 1.29 is 14.4 Å². The first-order valence-electron chi connectivity index (χ1n) is 5.69. The molecule has 0 amide bonds. The molecular formula is C13H13NO3. The molecule has 17 heavy (non-hydrogen) atoms. The van der Waals surface area contributed by atoms with E-state index in [4.69, 9.17) is 9.63 Å². The van der Waals surface area contributed by atoms with Crippen LogP contribution in [-0.4, -0.2) is 16.2 Å². The summed E-state index contributed by atoms with van der Waals surface area (Å²) in [6.07, 6.45) is 2.08. The predicted molar refractivity (Wildman–Crippen MR) is 61.9 cm³/mol. The van der Waals surface area contributed by atoms with E-state index in [0.717, 1.165) is 35.1 Å². The van der Waals surface area contributed by atoms with Crippen LogP contribution < -0.4 is 0 Å². The van der Waals surface area contributed by atoms with Crippen molar-refractivity contribution in [3.63, 3.8) is 0 Å². The number of aryl methyl sites for hydroxylation is 1. The molecule has 1 N–H and O–H groups in total. The molecule has 4 heteroatoms. The average Bonchev–Trinajstić information content (AvgIpc) is 2.96. The first kappa shape index (κ1) is 10.3. The van der Waals surface area contributed by atoms with Gasteiger partial charge in [-0.1, -0.05) is 11.2 Å². The molecule has 2 aromatic rings. The minimum absolute atomic E-state index is 0.166. The molecule has 0 bridgehead atoms. The maximum atomic E-state index is 10.9. The average molecular weight is 231 g/mol. The van der Waals surface area contributed by atoms with Gasteiger partial charge >= 0.3 is 5.97 Å². The van der Waals surface area contributed by atoms with Crippen LogP contribution in [0.15, 0.2) is 22.7 Å². The molecule has 4 nitrogen and oxygen atoms in total. The van der Waals surface area contributed by atoms with E-state index < -0.39 is 5.97 Å². The van der Waals surface area contributed by atoms with E-state index in [1.807, 2.05) is 25.1 Å². The summed E-state index contributed by atoms with van der Waals surface area (Å²) in [5.74, 6) is -0.739. The Bertz CT molecular complexity index is 596. The Hall–Kier alpha value is -1.84. The zero-order valence-electron chi connectivity index (χ0n) is 9.56. The van der Waals surface area contributed by atoms with E-state index in [1.54, 1.807) is 0 Å². The van der Waals surface area contributed by atoms with Crippen LogP contribution in [0, 0.1) is 6.92 Å². The Balaban J connectivity index is 2.03. The van der Waals surface area contributed by atoms with Gasteiger partial charge in [0.25, 0.3) is 0 Å². The van der Waals surface area contributed by atoms with Gasteiger partial charge in [0.2, 0.25) is 0 Å². The molecule has 0 unspecified atom stereocenters. The lowest BCUT2D eigenvalue weighted by Crippen LogP contribution is -2.12. The fraction of sp³-hybridized carbons (Fsp3) is 0.385. The Morgan fingerprint density at radius 2 is 2.29 bits per heavy atom. The number of carboxylic acids is 1. The summed E-state index contributed by atoms with van der Waals surface area (Å²) < 4.78 is 5.22. The lowest BCUT2D eigenvalue weighted by atomic mass is 9.92. The molecule has 1 heterocycles. The fourth-order valence-electron chi connectivity index (χ4n) is 2.40.